The molecule has 1 fully saturated rings. The Morgan fingerprint density at radius 1 is 1.09 bits per heavy atom. The molecule has 0 bridgehead atoms. The Morgan fingerprint density at radius 3 is 2.85 bits per heavy atom. The van der Waals surface area contributed by atoms with Crippen LogP contribution in [-0.2, 0) is 13.0 Å². The maximum Gasteiger partial charge on any atom is 0.141 e. The summed E-state index contributed by atoms with van der Waals surface area (Å²) >= 11 is 0. The maximum atomic E-state index is 10.5. The van der Waals surface area contributed by atoms with Crippen LogP contribution >= 0.6 is 0 Å². The van der Waals surface area contributed by atoms with Crippen LogP contribution in [0.2, 0.25) is 0 Å². The van der Waals surface area contributed by atoms with E-state index < -0.39 is 6.23 Å². The van der Waals surface area contributed by atoms with E-state index >= 15 is 0 Å². The largest absolute Gasteiger partial charge is 0.457 e. The zero-order valence-corrected chi connectivity index (χ0v) is 18.6. The summed E-state index contributed by atoms with van der Waals surface area (Å²) in [6.45, 7) is 3.97. The predicted molar refractivity (Wildman–Crippen MR) is 128 cm³/mol. The second kappa shape index (κ2) is 7.86. The fraction of sp³-hybridized carbons (Fsp3) is 0.308. The van der Waals surface area contributed by atoms with Crippen LogP contribution in [0, 0.1) is 5.41 Å². The van der Waals surface area contributed by atoms with Crippen molar-refractivity contribution < 1.29 is 9.84 Å². The van der Waals surface area contributed by atoms with E-state index in [2.05, 4.69) is 44.6 Å². The van der Waals surface area contributed by atoms with Crippen LogP contribution in [0.4, 0.5) is 5.82 Å². The summed E-state index contributed by atoms with van der Waals surface area (Å²) in [6, 6.07) is 12.1. The first-order chi connectivity index (χ1) is 16.1. The molecule has 0 spiro atoms. The molecule has 168 valence electrons. The summed E-state index contributed by atoms with van der Waals surface area (Å²) < 4.78 is 6.37. The molecule has 1 aliphatic carbocycles. The van der Waals surface area contributed by atoms with Crippen molar-refractivity contribution in [1.82, 2.24) is 20.3 Å². The molecule has 4 heterocycles. The normalized spacial score (nSPS) is 17.4. The summed E-state index contributed by atoms with van der Waals surface area (Å²) in [7, 11) is 0. The third kappa shape index (κ3) is 3.83. The number of fused-ring (bicyclic) bond motifs is 2. The fourth-order valence-electron chi connectivity index (χ4n) is 4.45. The molecule has 0 saturated heterocycles. The van der Waals surface area contributed by atoms with Crippen LogP contribution in [0.5, 0.6) is 11.5 Å². The van der Waals surface area contributed by atoms with Gasteiger partial charge in [-0.1, -0.05) is 13.0 Å². The molecule has 1 aromatic carbocycles. The van der Waals surface area contributed by atoms with E-state index in [0.29, 0.717) is 5.82 Å². The first kappa shape index (κ1) is 20.2. The monoisotopic (exact) mass is 441 g/mol. The Hall–Kier alpha value is -3.42. The number of anilines is 1. The zero-order valence-electron chi connectivity index (χ0n) is 18.6. The third-order valence-electron chi connectivity index (χ3n) is 6.88. The minimum absolute atomic E-state index is 0.0617. The van der Waals surface area contributed by atoms with E-state index in [-0.39, 0.29) is 5.41 Å². The van der Waals surface area contributed by atoms with Gasteiger partial charge in [-0.15, -0.1) is 0 Å². The molecule has 1 unspecified atom stereocenters. The number of aliphatic hydroxyl groups excluding tert-OH is 1. The SMILES string of the molecule is CC1(C(O)Nc2cc(-c3c[nH]c4nccc(Oc5ccc6c(c5)CNCC6)c34)ccn2)CC1. The highest BCUT2D eigenvalue weighted by Gasteiger charge is 2.44. The van der Waals surface area contributed by atoms with Gasteiger partial charge in [-0.05, 0) is 72.8 Å². The molecule has 33 heavy (non-hydrogen) atoms. The summed E-state index contributed by atoms with van der Waals surface area (Å²) in [6.07, 6.45) is 7.93. The lowest BCUT2D eigenvalue weighted by Crippen LogP contribution is -2.28. The first-order valence-electron chi connectivity index (χ1n) is 11.5. The summed E-state index contributed by atoms with van der Waals surface area (Å²) in [4.78, 5) is 12.2. The van der Waals surface area contributed by atoms with E-state index in [1.807, 2.05) is 30.5 Å². The van der Waals surface area contributed by atoms with Crippen LogP contribution in [0.3, 0.4) is 0 Å². The number of ether oxygens (including phenoxy) is 1. The van der Waals surface area contributed by atoms with Crippen LogP contribution in [0.1, 0.15) is 30.9 Å². The van der Waals surface area contributed by atoms with Crippen molar-refractivity contribution in [2.75, 3.05) is 11.9 Å². The van der Waals surface area contributed by atoms with Gasteiger partial charge >= 0.3 is 0 Å². The van der Waals surface area contributed by atoms with Crippen LogP contribution in [-0.4, -0.2) is 32.8 Å². The first-order valence-corrected chi connectivity index (χ1v) is 11.5. The number of nitrogens with one attached hydrogen (secondary N) is 3. The molecule has 3 aromatic heterocycles. The molecule has 1 saturated carbocycles. The highest BCUT2D eigenvalue weighted by molar-refractivity contribution is 5.98. The Kier molecular flexibility index (Phi) is 4.81. The van der Waals surface area contributed by atoms with Crippen molar-refractivity contribution >= 4 is 16.9 Å². The minimum atomic E-state index is -0.609. The number of aliphatic hydroxyl groups is 1. The Balaban J connectivity index is 1.34. The number of pyridine rings is 2. The molecule has 2 aliphatic rings. The van der Waals surface area contributed by atoms with Crippen molar-refractivity contribution in [2.24, 2.45) is 5.41 Å². The summed E-state index contributed by atoms with van der Waals surface area (Å²) in [5, 5.41) is 18.0. The topological polar surface area (TPSA) is 95.1 Å². The second-order valence-electron chi connectivity index (χ2n) is 9.33. The van der Waals surface area contributed by atoms with E-state index in [0.717, 1.165) is 66.0 Å². The number of hydrogen-bond donors (Lipinski definition) is 4. The van der Waals surface area contributed by atoms with E-state index in [4.69, 9.17) is 4.74 Å². The second-order valence-corrected chi connectivity index (χ2v) is 9.33. The Labute approximate surface area is 192 Å². The highest BCUT2D eigenvalue weighted by Crippen LogP contribution is 2.48. The molecule has 1 aliphatic heterocycles. The lowest BCUT2D eigenvalue weighted by atomic mass is 10.0. The third-order valence-corrected chi connectivity index (χ3v) is 6.88. The summed E-state index contributed by atoms with van der Waals surface area (Å²) in [5.41, 5.74) is 5.31. The molecule has 6 rings (SSSR count). The number of nitrogens with zero attached hydrogens (tertiary/aromatic N) is 2. The minimum Gasteiger partial charge on any atom is -0.457 e. The molecule has 0 radical (unpaired) electrons. The quantitative estimate of drug-likeness (QED) is 0.327. The van der Waals surface area contributed by atoms with Crippen LogP contribution in [0.15, 0.2) is 55.0 Å². The molecule has 0 amide bonds. The van der Waals surface area contributed by atoms with Gasteiger partial charge in [0.2, 0.25) is 0 Å². The number of aromatic amines is 1. The van der Waals surface area contributed by atoms with Crippen molar-refractivity contribution in [3.63, 3.8) is 0 Å². The molecule has 4 aromatic rings. The number of aromatic nitrogens is 3. The van der Waals surface area contributed by atoms with Crippen molar-refractivity contribution in [2.45, 2.75) is 39.0 Å². The predicted octanol–water partition coefficient (Wildman–Crippen LogP) is 4.59. The van der Waals surface area contributed by atoms with Gasteiger partial charge in [-0.3, -0.25) is 0 Å². The van der Waals surface area contributed by atoms with Gasteiger partial charge in [0.15, 0.2) is 0 Å². The Bertz CT molecular complexity index is 1330. The maximum absolute atomic E-state index is 10.5. The molecular formula is C26H27N5O2. The fourth-order valence-corrected chi connectivity index (χ4v) is 4.45. The van der Waals surface area contributed by atoms with Gasteiger partial charge in [-0.25, -0.2) is 9.97 Å². The Morgan fingerprint density at radius 2 is 1.97 bits per heavy atom. The summed E-state index contributed by atoms with van der Waals surface area (Å²) in [5.74, 6) is 2.21. The molecule has 1 atom stereocenters. The van der Waals surface area contributed by atoms with E-state index in [1.54, 1.807) is 12.4 Å². The number of rotatable bonds is 6. The van der Waals surface area contributed by atoms with E-state index in [9.17, 15) is 5.11 Å². The smallest absolute Gasteiger partial charge is 0.141 e. The average molecular weight is 442 g/mol. The van der Waals surface area contributed by atoms with Crippen LogP contribution < -0.4 is 15.4 Å². The lowest BCUT2D eigenvalue weighted by Gasteiger charge is -2.19. The standard InChI is InChI=1S/C26H27N5O2/c1-26(7-8-26)25(32)31-22-13-17(5-10-28-22)20-15-30-24-23(20)21(6-11-29-24)33-19-3-2-16-4-9-27-14-18(16)12-19/h2-3,5-6,10-13,15,25,27,32H,4,7-9,14H2,1H3,(H,28,31)(H,29,30). The molecule has 4 N–H and O–H groups in total. The molecule has 7 nitrogen and oxygen atoms in total. The zero-order chi connectivity index (χ0) is 22.4. The van der Waals surface area contributed by atoms with E-state index in [1.165, 1.54) is 11.1 Å². The van der Waals surface area contributed by atoms with Gasteiger partial charge in [0, 0.05) is 36.1 Å². The molecular weight excluding hydrogens is 414 g/mol. The van der Waals surface area contributed by atoms with Gasteiger partial charge < -0.3 is 25.5 Å². The van der Waals surface area contributed by atoms with Gasteiger partial charge in [0.1, 0.15) is 29.2 Å². The van der Waals surface area contributed by atoms with Crippen molar-refractivity contribution in [1.29, 1.82) is 0 Å². The van der Waals surface area contributed by atoms with Gasteiger partial charge in [-0.2, -0.15) is 0 Å². The number of benzene rings is 1. The van der Waals surface area contributed by atoms with Crippen molar-refractivity contribution in [3.05, 3.63) is 66.1 Å². The lowest BCUT2D eigenvalue weighted by molar-refractivity contribution is 0.129. The highest BCUT2D eigenvalue weighted by atomic mass is 16.5. The van der Waals surface area contributed by atoms with Crippen LogP contribution in [0.25, 0.3) is 22.2 Å². The number of hydrogen-bond acceptors (Lipinski definition) is 6. The number of H-pyrrole nitrogens is 1. The van der Waals surface area contributed by atoms with Gasteiger partial charge in [0.25, 0.3) is 0 Å². The average Bonchev–Trinajstić information content (AvgIpc) is 3.44. The van der Waals surface area contributed by atoms with Gasteiger partial charge in [0.05, 0.1) is 5.39 Å². The molecule has 7 heteroatoms. The van der Waals surface area contributed by atoms with Crippen molar-refractivity contribution in [3.8, 4) is 22.6 Å².